The molecule has 1 aromatic heterocycles. The first-order valence-electron chi connectivity index (χ1n) is 3.10. The van der Waals surface area contributed by atoms with E-state index < -0.39 is 0 Å². The molecule has 3 heteroatoms. The van der Waals surface area contributed by atoms with Crippen molar-refractivity contribution in [1.29, 1.82) is 0 Å². The van der Waals surface area contributed by atoms with Crippen LogP contribution in [0.4, 0.5) is 5.82 Å². The molecule has 53 valence electrons. The number of anilines is 1. The maximum absolute atomic E-state index is 8.43. The van der Waals surface area contributed by atoms with Crippen LogP contribution < -0.4 is 5.32 Å². The Labute approximate surface area is 59.7 Å². The van der Waals surface area contributed by atoms with Gasteiger partial charge >= 0.3 is 0 Å². The lowest BCUT2D eigenvalue weighted by Crippen LogP contribution is -2.06. The Kier molecular flexibility index (Phi) is 2.70. The number of nitrogens with one attached hydrogen (secondary N) is 1. The standard InChI is InChI=1S/C7H9N2O/c10-6-5-9-7-3-1-2-4-8-7/h2-4,10H,5-6H2,(H,8,9). The molecule has 0 fully saturated rings. The van der Waals surface area contributed by atoms with Crippen LogP contribution in [0.2, 0.25) is 0 Å². The Morgan fingerprint density at radius 2 is 2.60 bits per heavy atom. The van der Waals surface area contributed by atoms with Gasteiger partial charge in [-0.05, 0) is 18.2 Å². The van der Waals surface area contributed by atoms with E-state index in [1.54, 1.807) is 18.3 Å². The molecule has 0 unspecified atom stereocenters. The fraction of sp³-hybridized carbons (Fsp3) is 0.286. The molecule has 0 aliphatic heterocycles. The van der Waals surface area contributed by atoms with Crippen molar-refractivity contribution in [3.63, 3.8) is 0 Å². The average molecular weight is 137 g/mol. The summed E-state index contributed by atoms with van der Waals surface area (Å²) in [5, 5.41) is 11.3. The van der Waals surface area contributed by atoms with Crippen LogP contribution in [0.15, 0.2) is 18.3 Å². The third-order valence-corrected chi connectivity index (χ3v) is 1.02. The van der Waals surface area contributed by atoms with Crippen molar-refractivity contribution in [1.82, 2.24) is 4.98 Å². The van der Waals surface area contributed by atoms with Gasteiger partial charge < -0.3 is 10.4 Å². The second kappa shape index (κ2) is 3.85. The zero-order chi connectivity index (χ0) is 7.23. The summed E-state index contributed by atoms with van der Waals surface area (Å²) < 4.78 is 0. The number of hydrogen-bond acceptors (Lipinski definition) is 3. The normalized spacial score (nSPS) is 9.30. The number of pyridine rings is 1. The Morgan fingerprint density at radius 1 is 1.70 bits per heavy atom. The van der Waals surface area contributed by atoms with Gasteiger partial charge in [0.25, 0.3) is 0 Å². The Balaban J connectivity index is 2.43. The van der Waals surface area contributed by atoms with Gasteiger partial charge in [-0.15, -0.1) is 0 Å². The summed E-state index contributed by atoms with van der Waals surface area (Å²) in [5.41, 5.74) is 0. The predicted octanol–water partition coefficient (Wildman–Crippen LogP) is 0.286. The molecule has 0 saturated carbocycles. The maximum atomic E-state index is 8.43. The second-order valence-corrected chi connectivity index (χ2v) is 1.79. The fourth-order valence-corrected chi connectivity index (χ4v) is 0.606. The topological polar surface area (TPSA) is 45.1 Å². The molecule has 0 amide bonds. The van der Waals surface area contributed by atoms with Crippen LogP contribution in [0, 0.1) is 6.07 Å². The lowest BCUT2D eigenvalue weighted by molar-refractivity contribution is 0.311. The number of aliphatic hydroxyl groups excluding tert-OH is 1. The summed E-state index contributed by atoms with van der Waals surface area (Å²) in [6.07, 6.45) is 1.65. The molecular formula is C7H9N2O. The summed E-state index contributed by atoms with van der Waals surface area (Å²) in [5.74, 6) is 0.747. The van der Waals surface area contributed by atoms with Crippen molar-refractivity contribution in [2.45, 2.75) is 0 Å². The molecule has 0 atom stereocenters. The van der Waals surface area contributed by atoms with E-state index in [4.69, 9.17) is 5.11 Å². The van der Waals surface area contributed by atoms with Crippen molar-refractivity contribution < 1.29 is 5.11 Å². The first-order chi connectivity index (χ1) is 4.93. The highest BCUT2D eigenvalue weighted by Gasteiger charge is 1.86. The number of aromatic nitrogens is 1. The van der Waals surface area contributed by atoms with E-state index in [2.05, 4.69) is 16.4 Å². The molecule has 1 aromatic rings. The van der Waals surface area contributed by atoms with Crippen molar-refractivity contribution in [3.8, 4) is 0 Å². The number of rotatable bonds is 3. The first kappa shape index (κ1) is 7.02. The second-order valence-electron chi connectivity index (χ2n) is 1.79. The van der Waals surface area contributed by atoms with Crippen LogP contribution >= 0.6 is 0 Å². The monoisotopic (exact) mass is 137 g/mol. The average Bonchev–Trinajstić information content (AvgIpc) is 2.03. The molecule has 2 N–H and O–H groups in total. The summed E-state index contributed by atoms with van der Waals surface area (Å²) in [4.78, 5) is 3.96. The van der Waals surface area contributed by atoms with Crippen LogP contribution in [0.3, 0.4) is 0 Å². The zero-order valence-corrected chi connectivity index (χ0v) is 5.54. The summed E-state index contributed by atoms with van der Waals surface area (Å²) in [7, 11) is 0. The molecule has 1 heterocycles. The molecule has 10 heavy (non-hydrogen) atoms. The molecule has 0 aromatic carbocycles. The minimum atomic E-state index is 0.122. The van der Waals surface area contributed by atoms with Gasteiger partial charge in [0.2, 0.25) is 0 Å². The molecule has 0 saturated heterocycles. The fourth-order valence-electron chi connectivity index (χ4n) is 0.606. The van der Waals surface area contributed by atoms with Gasteiger partial charge in [-0.3, -0.25) is 0 Å². The van der Waals surface area contributed by atoms with Crippen molar-refractivity contribution >= 4 is 5.82 Å². The molecule has 3 nitrogen and oxygen atoms in total. The van der Waals surface area contributed by atoms with Crippen molar-refractivity contribution in [2.24, 2.45) is 0 Å². The van der Waals surface area contributed by atoms with E-state index >= 15 is 0 Å². The highest BCUT2D eigenvalue weighted by atomic mass is 16.3. The van der Waals surface area contributed by atoms with Crippen LogP contribution in [-0.4, -0.2) is 23.2 Å². The highest BCUT2D eigenvalue weighted by Crippen LogP contribution is 1.96. The Morgan fingerprint density at radius 3 is 3.20 bits per heavy atom. The SMILES string of the molecule is OCCNc1c[c]ccn1. The summed E-state index contributed by atoms with van der Waals surface area (Å²) in [6, 6.07) is 6.32. The smallest absolute Gasteiger partial charge is 0.126 e. The lowest BCUT2D eigenvalue weighted by Gasteiger charge is -1.99. The third kappa shape index (κ3) is 2.03. The van der Waals surface area contributed by atoms with E-state index in [9.17, 15) is 0 Å². The van der Waals surface area contributed by atoms with E-state index in [0.29, 0.717) is 6.54 Å². The zero-order valence-electron chi connectivity index (χ0n) is 5.54. The molecular weight excluding hydrogens is 128 g/mol. The van der Waals surface area contributed by atoms with Gasteiger partial charge in [0.05, 0.1) is 6.61 Å². The number of aliphatic hydroxyl groups is 1. The molecule has 0 bridgehead atoms. The highest BCUT2D eigenvalue weighted by molar-refractivity contribution is 5.32. The van der Waals surface area contributed by atoms with Crippen molar-refractivity contribution in [2.75, 3.05) is 18.5 Å². The van der Waals surface area contributed by atoms with Crippen LogP contribution in [-0.2, 0) is 0 Å². The molecule has 1 rings (SSSR count). The summed E-state index contributed by atoms with van der Waals surface area (Å²) >= 11 is 0. The van der Waals surface area contributed by atoms with Gasteiger partial charge in [-0.2, -0.15) is 0 Å². The third-order valence-electron chi connectivity index (χ3n) is 1.02. The van der Waals surface area contributed by atoms with Gasteiger partial charge in [0, 0.05) is 12.7 Å². The minimum Gasteiger partial charge on any atom is -0.395 e. The quantitative estimate of drug-likeness (QED) is 0.629. The first-order valence-corrected chi connectivity index (χ1v) is 3.10. The van der Waals surface area contributed by atoms with Crippen LogP contribution in [0.1, 0.15) is 0 Å². The van der Waals surface area contributed by atoms with E-state index in [1.165, 1.54) is 0 Å². The van der Waals surface area contributed by atoms with Crippen molar-refractivity contribution in [3.05, 3.63) is 24.4 Å². The minimum absolute atomic E-state index is 0.122. The largest absolute Gasteiger partial charge is 0.395 e. The van der Waals surface area contributed by atoms with Crippen LogP contribution in [0.25, 0.3) is 0 Å². The van der Waals surface area contributed by atoms with Crippen LogP contribution in [0.5, 0.6) is 0 Å². The maximum Gasteiger partial charge on any atom is 0.126 e. The Hall–Kier alpha value is -1.09. The van der Waals surface area contributed by atoms with E-state index in [-0.39, 0.29) is 6.61 Å². The van der Waals surface area contributed by atoms with E-state index in [0.717, 1.165) is 5.82 Å². The summed E-state index contributed by atoms with van der Waals surface area (Å²) in [6.45, 7) is 0.654. The lowest BCUT2D eigenvalue weighted by atomic mass is 10.4. The number of nitrogens with zero attached hydrogens (tertiary/aromatic N) is 1. The molecule has 0 aliphatic rings. The molecule has 1 radical (unpaired) electrons. The molecule has 0 spiro atoms. The number of hydrogen-bond donors (Lipinski definition) is 2. The Bertz CT molecular complexity index is 176. The van der Waals surface area contributed by atoms with E-state index in [1.807, 2.05) is 0 Å². The van der Waals surface area contributed by atoms with Gasteiger partial charge in [-0.1, -0.05) is 0 Å². The predicted molar refractivity (Wildman–Crippen MR) is 38.6 cm³/mol. The molecule has 0 aliphatic carbocycles. The van der Waals surface area contributed by atoms with Gasteiger partial charge in [-0.25, -0.2) is 4.98 Å². The van der Waals surface area contributed by atoms with Gasteiger partial charge in [0.15, 0.2) is 0 Å². The van der Waals surface area contributed by atoms with Gasteiger partial charge in [0.1, 0.15) is 5.82 Å².